The zero-order valence-corrected chi connectivity index (χ0v) is 13.5. The molecule has 2 amide bonds. The van der Waals surface area contributed by atoms with Gasteiger partial charge in [-0.3, -0.25) is 9.59 Å². The Balaban J connectivity index is 2.10. The first kappa shape index (κ1) is 15.8. The van der Waals surface area contributed by atoms with Gasteiger partial charge in [0, 0.05) is 24.1 Å². The van der Waals surface area contributed by atoms with Crippen molar-refractivity contribution in [1.29, 1.82) is 0 Å². The van der Waals surface area contributed by atoms with Gasteiger partial charge in [0.2, 0.25) is 5.91 Å². The first-order chi connectivity index (χ1) is 10.0. The van der Waals surface area contributed by atoms with Crippen LogP contribution in [0.25, 0.3) is 0 Å². The second kappa shape index (κ2) is 6.93. The largest absolute Gasteiger partial charge is 0.507 e. The predicted molar refractivity (Wildman–Crippen MR) is 83.1 cm³/mol. The number of carbonyl (C=O) groups excluding carboxylic acids is 2. The summed E-state index contributed by atoms with van der Waals surface area (Å²) in [6.45, 7) is 3.49. The van der Waals surface area contributed by atoms with Crippen molar-refractivity contribution in [3.05, 3.63) is 28.2 Å². The number of hydrogen-bond donors (Lipinski definition) is 2. The molecule has 1 aliphatic heterocycles. The molecular formula is C15H19BrN2O3. The fourth-order valence-corrected chi connectivity index (χ4v) is 2.90. The molecule has 1 saturated heterocycles. The molecule has 1 atom stereocenters. The SMILES string of the molecule is CCNC(=O)C1CCCN(C(=O)c2ccc(Br)cc2O)C1. The Hall–Kier alpha value is -1.56. The van der Waals surface area contributed by atoms with Crippen LogP contribution in [0.15, 0.2) is 22.7 Å². The monoisotopic (exact) mass is 354 g/mol. The van der Waals surface area contributed by atoms with Crippen LogP contribution in [0, 0.1) is 5.92 Å². The molecule has 0 bridgehead atoms. The maximum absolute atomic E-state index is 12.5. The number of phenols is 1. The average Bonchev–Trinajstić information content (AvgIpc) is 2.47. The predicted octanol–water partition coefficient (Wildman–Crippen LogP) is 2.14. The molecule has 0 radical (unpaired) electrons. The number of carbonyl (C=O) groups is 2. The molecule has 1 aromatic rings. The quantitative estimate of drug-likeness (QED) is 0.873. The number of halogens is 1. The minimum Gasteiger partial charge on any atom is -0.507 e. The number of phenolic OH excluding ortho intramolecular Hbond substituents is 1. The molecule has 0 aromatic heterocycles. The summed E-state index contributed by atoms with van der Waals surface area (Å²) in [7, 11) is 0. The van der Waals surface area contributed by atoms with Gasteiger partial charge in [-0.2, -0.15) is 0 Å². The highest BCUT2D eigenvalue weighted by atomic mass is 79.9. The smallest absolute Gasteiger partial charge is 0.257 e. The van der Waals surface area contributed by atoms with Crippen molar-refractivity contribution in [3.63, 3.8) is 0 Å². The fourth-order valence-electron chi connectivity index (χ4n) is 2.55. The molecule has 5 nitrogen and oxygen atoms in total. The van der Waals surface area contributed by atoms with Gasteiger partial charge in [-0.05, 0) is 38.0 Å². The number of piperidine rings is 1. The molecule has 114 valence electrons. The van der Waals surface area contributed by atoms with Gasteiger partial charge in [0.15, 0.2) is 0 Å². The molecular weight excluding hydrogens is 336 g/mol. The highest BCUT2D eigenvalue weighted by Crippen LogP contribution is 2.26. The van der Waals surface area contributed by atoms with E-state index in [-0.39, 0.29) is 29.0 Å². The second-order valence-electron chi connectivity index (χ2n) is 5.15. The zero-order chi connectivity index (χ0) is 15.4. The first-order valence-electron chi connectivity index (χ1n) is 7.08. The molecule has 21 heavy (non-hydrogen) atoms. The molecule has 2 N–H and O–H groups in total. The molecule has 0 spiro atoms. The fraction of sp³-hybridized carbons (Fsp3) is 0.467. The van der Waals surface area contributed by atoms with Gasteiger partial charge in [-0.25, -0.2) is 0 Å². The summed E-state index contributed by atoms with van der Waals surface area (Å²) in [5, 5.41) is 12.7. The van der Waals surface area contributed by atoms with Gasteiger partial charge in [-0.1, -0.05) is 15.9 Å². The van der Waals surface area contributed by atoms with Crippen molar-refractivity contribution >= 4 is 27.7 Å². The van der Waals surface area contributed by atoms with E-state index >= 15 is 0 Å². The maximum atomic E-state index is 12.5. The molecule has 2 rings (SSSR count). The van der Waals surface area contributed by atoms with Crippen LogP contribution >= 0.6 is 15.9 Å². The van der Waals surface area contributed by atoms with Crippen molar-refractivity contribution in [2.24, 2.45) is 5.92 Å². The van der Waals surface area contributed by atoms with E-state index in [0.29, 0.717) is 19.6 Å². The summed E-state index contributed by atoms with van der Waals surface area (Å²) >= 11 is 3.25. The summed E-state index contributed by atoms with van der Waals surface area (Å²) in [6, 6.07) is 4.81. The minimum atomic E-state index is -0.228. The molecule has 1 heterocycles. The molecule has 0 saturated carbocycles. The van der Waals surface area contributed by atoms with E-state index in [9.17, 15) is 14.7 Å². The molecule has 1 aliphatic rings. The Bertz CT molecular complexity index is 548. The van der Waals surface area contributed by atoms with Gasteiger partial charge in [0.05, 0.1) is 11.5 Å². The normalized spacial score (nSPS) is 18.4. The zero-order valence-electron chi connectivity index (χ0n) is 11.9. The van der Waals surface area contributed by atoms with Crippen LogP contribution in [0.1, 0.15) is 30.1 Å². The van der Waals surface area contributed by atoms with Crippen LogP contribution < -0.4 is 5.32 Å². The van der Waals surface area contributed by atoms with E-state index in [4.69, 9.17) is 0 Å². The van der Waals surface area contributed by atoms with Crippen molar-refractivity contribution in [3.8, 4) is 5.75 Å². The van der Waals surface area contributed by atoms with Gasteiger partial charge in [0.1, 0.15) is 5.75 Å². The molecule has 1 fully saturated rings. The number of benzene rings is 1. The van der Waals surface area contributed by atoms with E-state index in [1.54, 1.807) is 17.0 Å². The van der Waals surface area contributed by atoms with Crippen molar-refractivity contribution in [2.45, 2.75) is 19.8 Å². The third-order valence-electron chi connectivity index (χ3n) is 3.62. The summed E-state index contributed by atoms with van der Waals surface area (Å²) in [5.41, 5.74) is 0.273. The van der Waals surface area contributed by atoms with Crippen molar-refractivity contribution in [1.82, 2.24) is 10.2 Å². The lowest BCUT2D eigenvalue weighted by Crippen LogP contribution is -2.45. The van der Waals surface area contributed by atoms with E-state index in [0.717, 1.165) is 17.3 Å². The van der Waals surface area contributed by atoms with Crippen LogP contribution in [-0.2, 0) is 4.79 Å². The van der Waals surface area contributed by atoms with Gasteiger partial charge >= 0.3 is 0 Å². The Labute approximate surface area is 132 Å². The lowest BCUT2D eigenvalue weighted by Gasteiger charge is -2.32. The number of likely N-dealkylation sites (tertiary alicyclic amines) is 1. The third-order valence-corrected chi connectivity index (χ3v) is 4.11. The Morgan fingerprint density at radius 2 is 2.24 bits per heavy atom. The van der Waals surface area contributed by atoms with Gasteiger partial charge in [-0.15, -0.1) is 0 Å². The Morgan fingerprint density at radius 1 is 1.48 bits per heavy atom. The highest BCUT2D eigenvalue weighted by Gasteiger charge is 2.29. The highest BCUT2D eigenvalue weighted by molar-refractivity contribution is 9.10. The maximum Gasteiger partial charge on any atom is 0.257 e. The minimum absolute atomic E-state index is 0.00460. The van der Waals surface area contributed by atoms with Crippen LogP contribution in [0.3, 0.4) is 0 Å². The average molecular weight is 355 g/mol. The van der Waals surface area contributed by atoms with E-state index in [1.807, 2.05) is 6.92 Å². The van der Waals surface area contributed by atoms with Crippen LogP contribution in [-0.4, -0.2) is 41.5 Å². The standard InChI is InChI=1S/C15H19BrN2O3/c1-2-17-14(20)10-4-3-7-18(9-10)15(21)12-6-5-11(16)8-13(12)19/h5-6,8,10,19H,2-4,7,9H2,1H3,(H,17,20). The number of rotatable bonds is 3. The van der Waals surface area contributed by atoms with Gasteiger partial charge < -0.3 is 15.3 Å². The van der Waals surface area contributed by atoms with Crippen LogP contribution in [0.4, 0.5) is 0 Å². The summed E-state index contributed by atoms with van der Waals surface area (Å²) < 4.78 is 0.718. The Morgan fingerprint density at radius 3 is 2.90 bits per heavy atom. The summed E-state index contributed by atoms with van der Waals surface area (Å²) in [6.07, 6.45) is 1.59. The molecule has 6 heteroatoms. The van der Waals surface area contributed by atoms with Crippen molar-refractivity contribution in [2.75, 3.05) is 19.6 Å². The number of aromatic hydroxyl groups is 1. The number of amides is 2. The third kappa shape index (κ3) is 3.75. The lowest BCUT2D eigenvalue weighted by atomic mass is 9.96. The lowest BCUT2D eigenvalue weighted by molar-refractivity contribution is -0.126. The van der Waals surface area contributed by atoms with Crippen molar-refractivity contribution < 1.29 is 14.7 Å². The molecule has 0 aliphatic carbocycles. The summed E-state index contributed by atoms with van der Waals surface area (Å²) in [4.78, 5) is 26.0. The Kier molecular flexibility index (Phi) is 5.22. The molecule has 1 unspecified atom stereocenters. The van der Waals surface area contributed by atoms with E-state index in [1.165, 1.54) is 6.07 Å². The van der Waals surface area contributed by atoms with E-state index < -0.39 is 0 Å². The van der Waals surface area contributed by atoms with E-state index in [2.05, 4.69) is 21.2 Å². The number of nitrogens with one attached hydrogen (secondary N) is 1. The first-order valence-corrected chi connectivity index (χ1v) is 7.87. The number of nitrogens with zero attached hydrogens (tertiary/aromatic N) is 1. The van der Waals surface area contributed by atoms with Crippen LogP contribution in [0.5, 0.6) is 5.75 Å². The topological polar surface area (TPSA) is 69.6 Å². The summed E-state index contributed by atoms with van der Waals surface area (Å²) in [5.74, 6) is -0.446. The van der Waals surface area contributed by atoms with Crippen LogP contribution in [0.2, 0.25) is 0 Å². The van der Waals surface area contributed by atoms with Gasteiger partial charge in [0.25, 0.3) is 5.91 Å². The number of hydrogen-bond acceptors (Lipinski definition) is 3. The molecule has 1 aromatic carbocycles. The second-order valence-corrected chi connectivity index (χ2v) is 6.06.